The van der Waals surface area contributed by atoms with Crippen LogP contribution >= 0.6 is 15.9 Å². The fraction of sp³-hybridized carbons (Fsp3) is 0.100. The van der Waals surface area contributed by atoms with Crippen LogP contribution in [0.15, 0.2) is 44.3 Å². The lowest BCUT2D eigenvalue weighted by Crippen LogP contribution is -2.19. The van der Waals surface area contributed by atoms with Crippen molar-refractivity contribution in [1.29, 1.82) is 0 Å². The molecule has 2 aromatic rings. The average Bonchev–Trinajstić information content (AvgIpc) is 2.58. The minimum atomic E-state index is -0.100. The minimum Gasteiger partial charge on any atom is -0.452 e. The Morgan fingerprint density at radius 1 is 1.33 bits per heavy atom. The summed E-state index contributed by atoms with van der Waals surface area (Å²) >= 11 is 3.20. The fourth-order valence-corrected chi connectivity index (χ4v) is 1.62. The van der Waals surface area contributed by atoms with Crippen molar-refractivity contribution in [3.8, 4) is 0 Å². The second-order valence-electron chi connectivity index (χ2n) is 3.13. The Hall–Kier alpha value is -1.49. The SMILES string of the molecule is Nc1ccc(=O)n(Cc2ccc(Br)o2)c1. The van der Waals surface area contributed by atoms with Gasteiger partial charge in [0.15, 0.2) is 4.67 Å². The first kappa shape index (κ1) is 10.0. The van der Waals surface area contributed by atoms with Crippen LogP contribution in [0.3, 0.4) is 0 Å². The van der Waals surface area contributed by atoms with E-state index in [1.54, 1.807) is 24.4 Å². The van der Waals surface area contributed by atoms with Crippen molar-refractivity contribution in [3.05, 3.63) is 51.2 Å². The smallest absolute Gasteiger partial charge is 0.251 e. The van der Waals surface area contributed by atoms with Gasteiger partial charge in [0.25, 0.3) is 5.56 Å². The highest BCUT2D eigenvalue weighted by molar-refractivity contribution is 9.10. The summed E-state index contributed by atoms with van der Waals surface area (Å²) in [6.07, 6.45) is 1.60. The number of hydrogen-bond acceptors (Lipinski definition) is 3. The number of aromatic nitrogens is 1. The molecule has 2 N–H and O–H groups in total. The zero-order valence-electron chi connectivity index (χ0n) is 7.81. The average molecular weight is 269 g/mol. The molecule has 5 heteroatoms. The van der Waals surface area contributed by atoms with Crippen LogP contribution in [0.4, 0.5) is 5.69 Å². The van der Waals surface area contributed by atoms with Gasteiger partial charge in [-0.2, -0.15) is 0 Å². The lowest BCUT2D eigenvalue weighted by Gasteiger charge is -2.03. The topological polar surface area (TPSA) is 61.2 Å². The van der Waals surface area contributed by atoms with Gasteiger partial charge in [0, 0.05) is 18.0 Å². The summed E-state index contributed by atoms with van der Waals surface area (Å²) in [6.45, 7) is 0.384. The van der Waals surface area contributed by atoms with Gasteiger partial charge in [-0.25, -0.2) is 0 Å². The van der Waals surface area contributed by atoms with E-state index in [0.717, 1.165) is 0 Å². The molecule has 78 valence electrons. The number of rotatable bonds is 2. The second kappa shape index (κ2) is 3.94. The van der Waals surface area contributed by atoms with Gasteiger partial charge in [0.2, 0.25) is 0 Å². The van der Waals surface area contributed by atoms with E-state index < -0.39 is 0 Å². The normalized spacial score (nSPS) is 10.5. The first-order chi connectivity index (χ1) is 7.15. The molecule has 0 bridgehead atoms. The zero-order chi connectivity index (χ0) is 10.8. The predicted molar refractivity (Wildman–Crippen MR) is 60.6 cm³/mol. The molecule has 2 heterocycles. The number of furan rings is 1. The summed E-state index contributed by atoms with van der Waals surface area (Å²) < 4.78 is 7.45. The lowest BCUT2D eigenvalue weighted by atomic mass is 10.4. The molecular formula is C10H9BrN2O2. The molecule has 2 aromatic heterocycles. The molecule has 0 saturated carbocycles. The third-order valence-electron chi connectivity index (χ3n) is 1.96. The van der Waals surface area contributed by atoms with Gasteiger partial charge in [-0.3, -0.25) is 4.79 Å². The van der Waals surface area contributed by atoms with E-state index in [1.807, 2.05) is 0 Å². The second-order valence-corrected chi connectivity index (χ2v) is 3.92. The molecule has 2 rings (SSSR count). The first-order valence-electron chi connectivity index (χ1n) is 4.35. The number of pyridine rings is 1. The van der Waals surface area contributed by atoms with Crippen LogP contribution in [-0.4, -0.2) is 4.57 Å². The third kappa shape index (κ3) is 2.30. The van der Waals surface area contributed by atoms with E-state index >= 15 is 0 Å². The maximum Gasteiger partial charge on any atom is 0.251 e. The van der Waals surface area contributed by atoms with Gasteiger partial charge in [-0.15, -0.1) is 0 Å². The predicted octanol–water partition coefficient (Wildman–Crippen LogP) is 1.83. The molecule has 0 aliphatic carbocycles. The number of nitrogens with two attached hydrogens (primary N) is 1. The van der Waals surface area contributed by atoms with E-state index in [-0.39, 0.29) is 5.56 Å². The van der Waals surface area contributed by atoms with Crippen LogP contribution in [-0.2, 0) is 6.54 Å². The van der Waals surface area contributed by atoms with Gasteiger partial charge in [0.1, 0.15) is 5.76 Å². The maximum absolute atomic E-state index is 11.4. The highest BCUT2D eigenvalue weighted by atomic mass is 79.9. The largest absolute Gasteiger partial charge is 0.452 e. The van der Waals surface area contributed by atoms with Crippen molar-refractivity contribution in [1.82, 2.24) is 4.57 Å². The highest BCUT2D eigenvalue weighted by Gasteiger charge is 2.02. The Bertz CT molecular complexity index is 530. The van der Waals surface area contributed by atoms with Crippen LogP contribution in [0, 0.1) is 0 Å². The number of hydrogen-bond donors (Lipinski definition) is 1. The molecule has 15 heavy (non-hydrogen) atoms. The van der Waals surface area contributed by atoms with Crippen LogP contribution in [0.5, 0.6) is 0 Å². The van der Waals surface area contributed by atoms with Crippen LogP contribution < -0.4 is 11.3 Å². The van der Waals surface area contributed by atoms with Crippen molar-refractivity contribution in [3.63, 3.8) is 0 Å². The van der Waals surface area contributed by atoms with Gasteiger partial charge in [0.05, 0.1) is 6.54 Å². The Morgan fingerprint density at radius 2 is 2.13 bits per heavy atom. The summed E-state index contributed by atoms with van der Waals surface area (Å²) in [7, 11) is 0. The van der Waals surface area contributed by atoms with E-state index in [9.17, 15) is 4.79 Å². The molecule has 0 spiro atoms. The number of nitrogens with zero attached hydrogens (tertiary/aromatic N) is 1. The minimum absolute atomic E-state index is 0.100. The van der Waals surface area contributed by atoms with Crippen LogP contribution in [0.1, 0.15) is 5.76 Å². The molecule has 0 amide bonds. The molecule has 4 nitrogen and oxygen atoms in total. The highest BCUT2D eigenvalue weighted by Crippen LogP contribution is 2.14. The van der Waals surface area contributed by atoms with Crippen molar-refractivity contribution >= 4 is 21.6 Å². The molecule has 0 atom stereocenters. The molecular weight excluding hydrogens is 260 g/mol. The van der Waals surface area contributed by atoms with Crippen molar-refractivity contribution in [2.45, 2.75) is 6.54 Å². The summed E-state index contributed by atoms with van der Waals surface area (Å²) in [5.41, 5.74) is 6.04. The van der Waals surface area contributed by atoms with Gasteiger partial charge < -0.3 is 14.7 Å². The van der Waals surface area contributed by atoms with E-state index in [2.05, 4.69) is 15.9 Å². The molecule has 0 fully saturated rings. The summed E-state index contributed by atoms with van der Waals surface area (Å²) in [5.74, 6) is 0.703. The summed E-state index contributed by atoms with van der Waals surface area (Å²) in [5, 5.41) is 0. The Balaban J connectivity index is 2.31. The molecule has 0 aliphatic rings. The van der Waals surface area contributed by atoms with Crippen molar-refractivity contribution in [2.24, 2.45) is 0 Å². The standard InChI is InChI=1S/C10H9BrN2O2/c11-9-3-2-8(15-9)6-13-5-7(12)1-4-10(13)14/h1-5H,6,12H2. The van der Waals surface area contributed by atoms with Crippen LogP contribution in [0.25, 0.3) is 0 Å². The molecule has 0 aromatic carbocycles. The van der Waals surface area contributed by atoms with Gasteiger partial charge in [-0.1, -0.05) is 0 Å². The molecule has 0 saturated heterocycles. The molecule has 0 aliphatic heterocycles. The Kier molecular flexibility index (Phi) is 2.64. The van der Waals surface area contributed by atoms with Crippen LogP contribution in [0.2, 0.25) is 0 Å². The molecule has 0 radical (unpaired) electrons. The quantitative estimate of drug-likeness (QED) is 0.904. The van der Waals surface area contributed by atoms with E-state index in [1.165, 1.54) is 10.6 Å². The van der Waals surface area contributed by atoms with Gasteiger partial charge in [-0.05, 0) is 34.1 Å². The fourth-order valence-electron chi connectivity index (χ4n) is 1.28. The molecule has 0 unspecified atom stereocenters. The summed E-state index contributed by atoms with van der Waals surface area (Å²) in [4.78, 5) is 11.4. The Labute approximate surface area is 94.4 Å². The van der Waals surface area contributed by atoms with E-state index in [4.69, 9.17) is 10.2 Å². The number of anilines is 1. The monoisotopic (exact) mass is 268 g/mol. The number of nitrogen functional groups attached to an aromatic ring is 1. The number of halogens is 1. The summed E-state index contributed by atoms with van der Waals surface area (Å²) in [6, 6.07) is 6.61. The van der Waals surface area contributed by atoms with Crippen molar-refractivity contribution in [2.75, 3.05) is 5.73 Å². The van der Waals surface area contributed by atoms with Gasteiger partial charge >= 0.3 is 0 Å². The first-order valence-corrected chi connectivity index (χ1v) is 5.14. The lowest BCUT2D eigenvalue weighted by molar-refractivity contribution is 0.471. The maximum atomic E-state index is 11.4. The Morgan fingerprint density at radius 3 is 2.80 bits per heavy atom. The van der Waals surface area contributed by atoms with Crippen molar-refractivity contribution < 1.29 is 4.42 Å². The zero-order valence-corrected chi connectivity index (χ0v) is 9.40. The van der Waals surface area contributed by atoms with E-state index in [0.29, 0.717) is 22.7 Å². The third-order valence-corrected chi connectivity index (χ3v) is 2.39.